The van der Waals surface area contributed by atoms with Crippen molar-refractivity contribution in [1.29, 1.82) is 0 Å². The molecule has 0 spiro atoms. The molecule has 2 N–H and O–H groups in total. The molecule has 1 aromatic heterocycles. The minimum atomic E-state index is -0.352. The molecule has 0 atom stereocenters. The van der Waals surface area contributed by atoms with E-state index in [1.807, 2.05) is 12.3 Å². The van der Waals surface area contributed by atoms with E-state index in [0.29, 0.717) is 17.7 Å². The second-order valence-electron chi connectivity index (χ2n) is 5.23. The van der Waals surface area contributed by atoms with Crippen LogP contribution in [0.4, 0.5) is 10.8 Å². The number of rotatable bonds is 6. The summed E-state index contributed by atoms with van der Waals surface area (Å²) in [4.78, 5) is 18.0. The van der Waals surface area contributed by atoms with Gasteiger partial charge in [-0.3, -0.25) is 15.0 Å². The molecule has 0 aliphatic heterocycles. The quantitative estimate of drug-likeness (QED) is 0.644. The van der Waals surface area contributed by atoms with Gasteiger partial charge in [0.05, 0.1) is 4.92 Å². The van der Waals surface area contributed by atoms with Crippen molar-refractivity contribution in [2.45, 2.75) is 32.0 Å². The normalized spacial score (nSPS) is 13.9. The molecule has 0 radical (unpaired) electrons. The van der Waals surface area contributed by atoms with Crippen LogP contribution in [-0.4, -0.2) is 20.8 Å². The Kier molecular flexibility index (Phi) is 5.33. The van der Waals surface area contributed by atoms with Crippen molar-refractivity contribution < 1.29 is 4.92 Å². The average Bonchev–Trinajstić information content (AvgIpc) is 3.22. The van der Waals surface area contributed by atoms with E-state index < -0.39 is 0 Å². The van der Waals surface area contributed by atoms with Crippen LogP contribution in [0.2, 0.25) is 0 Å². The number of nitro benzene ring substituents is 1. The molecule has 1 fully saturated rings. The summed E-state index contributed by atoms with van der Waals surface area (Å²) in [6.07, 6.45) is 4.18. The third-order valence-electron chi connectivity index (χ3n) is 3.50. The van der Waals surface area contributed by atoms with Gasteiger partial charge in [0, 0.05) is 42.3 Å². The molecule has 1 aromatic carbocycles. The lowest BCUT2D eigenvalue weighted by molar-refractivity contribution is -0.384. The zero-order valence-electron chi connectivity index (χ0n) is 11.8. The first-order chi connectivity index (χ1) is 10.1. The van der Waals surface area contributed by atoms with Crippen LogP contribution in [0, 0.1) is 10.1 Å². The van der Waals surface area contributed by atoms with Crippen molar-refractivity contribution in [3.63, 3.8) is 0 Å². The molecular weight excluding hydrogens is 324 g/mol. The van der Waals surface area contributed by atoms with E-state index >= 15 is 0 Å². The van der Waals surface area contributed by atoms with Crippen molar-refractivity contribution >= 4 is 34.6 Å². The van der Waals surface area contributed by atoms with Gasteiger partial charge >= 0.3 is 0 Å². The molecule has 1 heterocycles. The molecule has 0 saturated heterocycles. The average molecular weight is 341 g/mol. The van der Waals surface area contributed by atoms with Crippen molar-refractivity contribution in [2.24, 2.45) is 0 Å². The standard InChI is InChI=1S/C14H16N4O2S.ClH/c15-14-16-7-13(21-14)9-17(11-4-5-11)8-10-2-1-3-12(6-10)18(19)20;/h1-3,6-7,11H,4-5,8-9H2,(H2,15,16);1H. The topological polar surface area (TPSA) is 85.3 Å². The number of anilines is 1. The highest BCUT2D eigenvalue weighted by Crippen LogP contribution is 2.31. The zero-order chi connectivity index (χ0) is 14.8. The molecule has 1 aliphatic carbocycles. The summed E-state index contributed by atoms with van der Waals surface area (Å²) < 4.78 is 0. The largest absolute Gasteiger partial charge is 0.375 e. The van der Waals surface area contributed by atoms with E-state index in [0.717, 1.165) is 17.0 Å². The highest BCUT2D eigenvalue weighted by Gasteiger charge is 2.29. The molecule has 2 aromatic rings. The van der Waals surface area contributed by atoms with Crippen molar-refractivity contribution in [3.8, 4) is 0 Å². The van der Waals surface area contributed by atoms with Gasteiger partial charge < -0.3 is 5.73 Å². The lowest BCUT2D eigenvalue weighted by atomic mass is 10.2. The Morgan fingerprint density at radius 3 is 2.77 bits per heavy atom. The number of nitrogens with zero attached hydrogens (tertiary/aromatic N) is 3. The van der Waals surface area contributed by atoms with Crippen LogP contribution >= 0.6 is 23.7 Å². The van der Waals surface area contributed by atoms with E-state index in [4.69, 9.17) is 5.73 Å². The number of nitrogens with two attached hydrogens (primary N) is 1. The van der Waals surface area contributed by atoms with Crippen LogP contribution in [0.1, 0.15) is 23.3 Å². The third-order valence-corrected chi connectivity index (χ3v) is 4.31. The summed E-state index contributed by atoms with van der Waals surface area (Å²) in [5.41, 5.74) is 6.78. The summed E-state index contributed by atoms with van der Waals surface area (Å²) in [6, 6.07) is 7.41. The van der Waals surface area contributed by atoms with Gasteiger partial charge in [0.1, 0.15) is 0 Å². The molecule has 8 heteroatoms. The molecule has 0 bridgehead atoms. The summed E-state index contributed by atoms with van der Waals surface area (Å²) in [7, 11) is 0. The van der Waals surface area contributed by atoms with Gasteiger partial charge in [0.2, 0.25) is 0 Å². The van der Waals surface area contributed by atoms with Gasteiger partial charge in [-0.1, -0.05) is 12.1 Å². The molecular formula is C14H17ClN4O2S. The van der Waals surface area contributed by atoms with Crippen LogP contribution < -0.4 is 5.73 Å². The van der Waals surface area contributed by atoms with Gasteiger partial charge in [-0.25, -0.2) is 4.98 Å². The number of halogens is 1. The summed E-state index contributed by atoms with van der Waals surface area (Å²) >= 11 is 1.50. The second-order valence-corrected chi connectivity index (χ2v) is 6.37. The molecule has 3 rings (SSSR count). The lowest BCUT2D eigenvalue weighted by Gasteiger charge is -2.21. The molecule has 118 valence electrons. The minimum absolute atomic E-state index is 0. The first-order valence-electron chi connectivity index (χ1n) is 6.79. The van der Waals surface area contributed by atoms with Gasteiger partial charge in [0.15, 0.2) is 5.13 Å². The van der Waals surface area contributed by atoms with Gasteiger partial charge in [0.25, 0.3) is 5.69 Å². The maximum absolute atomic E-state index is 10.9. The van der Waals surface area contributed by atoms with Crippen LogP contribution in [0.5, 0.6) is 0 Å². The molecule has 0 unspecified atom stereocenters. The van der Waals surface area contributed by atoms with Crippen molar-refractivity contribution in [3.05, 3.63) is 51.0 Å². The van der Waals surface area contributed by atoms with Gasteiger partial charge in [-0.05, 0) is 18.4 Å². The van der Waals surface area contributed by atoms with Gasteiger partial charge in [-0.15, -0.1) is 23.7 Å². The van der Waals surface area contributed by atoms with Crippen LogP contribution in [0.25, 0.3) is 0 Å². The molecule has 1 aliphatic rings. The van der Waals surface area contributed by atoms with E-state index in [9.17, 15) is 10.1 Å². The predicted molar refractivity (Wildman–Crippen MR) is 89.1 cm³/mol. The summed E-state index contributed by atoms with van der Waals surface area (Å²) in [6.45, 7) is 1.51. The summed E-state index contributed by atoms with van der Waals surface area (Å²) in [5.74, 6) is 0. The van der Waals surface area contributed by atoms with E-state index in [1.54, 1.807) is 12.1 Å². The fourth-order valence-electron chi connectivity index (χ4n) is 2.35. The van der Waals surface area contributed by atoms with E-state index in [1.165, 1.54) is 30.2 Å². The summed E-state index contributed by atoms with van der Waals surface area (Å²) in [5, 5.41) is 11.4. The Morgan fingerprint density at radius 2 is 2.18 bits per heavy atom. The van der Waals surface area contributed by atoms with E-state index in [-0.39, 0.29) is 23.0 Å². The molecule has 6 nitrogen and oxygen atoms in total. The number of nitro groups is 1. The third kappa shape index (κ3) is 4.16. The maximum Gasteiger partial charge on any atom is 0.269 e. The fourth-order valence-corrected chi connectivity index (χ4v) is 3.06. The van der Waals surface area contributed by atoms with Crippen LogP contribution in [-0.2, 0) is 13.1 Å². The van der Waals surface area contributed by atoms with Gasteiger partial charge in [-0.2, -0.15) is 0 Å². The first kappa shape index (κ1) is 16.7. The number of aromatic nitrogens is 1. The molecule has 22 heavy (non-hydrogen) atoms. The van der Waals surface area contributed by atoms with Crippen molar-refractivity contribution in [1.82, 2.24) is 9.88 Å². The van der Waals surface area contributed by atoms with Crippen molar-refractivity contribution in [2.75, 3.05) is 5.73 Å². The Morgan fingerprint density at radius 1 is 1.41 bits per heavy atom. The number of non-ortho nitro benzene ring substituents is 1. The Balaban J connectivity index is 0.00000176. The number of hydrogen-bond acceptors (Lipinski definition) is 6. The SMILES string of the molecule is Cl.Nc1ncc(CN(Cc2cccc([N+](=O)[O-])c2)C2CC2)s1. The fraction of sp³-hybridized carbons (Fsp3) is 0.357. The Bertz CT molecular complexity index is 660. The highest BCUT2D eigenvalue weighted by atomic mass is 35.5. The minimum Gasteiger partial charge on any atom is -0.375 e. The number of nitrogen functional groups attached to an aromatic ring is 1. The number of thiazole rings is 1. The van der Waals surface area contributed by atoms with Crippen LogP contribution in [0.3, 0.4) is 0 Å². The Hall–Kier alpha value is -1.70. The number of benzene rings is 1. The second kappa shape index (κ2) is 7.04. The van der Waals surface area contributed by atoms with Crippen LogP contribution in [0.15, 0.2) is 30.5 Å². The highest BCUT2D eigenvalue weighted by molar-refractivity contribution is 7.15. The molecule has 0 amide bonds. The molecule has 1 saturated carbocycles. The monoisotopic (exact) mass is 340 g/mol. The number of hydrogen-bond donors (Lipinski definition) is 1. The van der Waals surface area contributed by atoms with E-state index in [2.05, 4.69) is 9.88 Å². The Labute approximate surface area is 138 Å². The first-order valence-corrected chi connectivity index (χ1v) is 7.61. The smallest absolute Gasteiger partial charge is 0.269 e. The maximum atomic E-state index is 10.9. The predicted octanol–water partition coefficient (Wildman–Crippen LogP) is 3.22. The lowest BCUT2D eigenvalue weighted by Crippen LogP contribution is -2.24. The zero-order valence-corrected chi connectivity index (χ0v) is 13.5.